The molecule has 4 saturated carbocycles. The molecule has 1 amide bonds. The zero-order valence-electron chi connectivity index (χ0n) is 13.4. The maximum atomic E-state index is 11.3. The number of primary amides is 1. The number of carboxylic acids is 1. The minimum atomic E-state index is -0.639. The van der Waals surface area contributed by atoms with E-state index in [4.69, 9.17) is 15.9 Å². The number of benzene rings is 1. The predicted octanol–water partition coefficient (Wildman–Crippen LogP) is 2.48. The van der Waals surface area contributed by atoms with E-state index in [1.807, 2.05) is 0 Å². The highest BCUT2D eigenvalue weighted by molar-refractivity contribution is 5.93. The van der Waals surface area contributed by atoms with E-state index in [0.717, 1.165) is 43.1 Å². The zero-order chi connectivity index (χ0) is 17.5. The molecule has 4 aliphatic carbocycles. The second kappa shape index (κ2) is 6.00. The smallest absolute Gasteiger partial charge is 0.309 e. The molecule has 0 spiro atoms. The summed E-state index contributed by atoms with van der Waals surface area (Å²) in [5, 5.41) is 27.0. The standard InChI is InChI=1S/C11H16O2.C7H7NO3/c12-10(13)11-4-7-1-8(5-11)3-9(2-7)6-11;8-7(11)4-1-2-5(9)6(10)3-4/h7-9H,1-6H2,(H,12,13);1-3,9-10H,(H2,8,11). The van der Waals surface area contributed by atoms with Crippen molar-refractivity contribution < 1.29 is 24.9 Å². The van der Waals surface area contributed by atoms with Crippen LogP contribution < -0.4 is 5.73 Å². The first kappa shape index (κ1) is 16.6. The molecule has 1 aromatic carbocycles. The Labute approximate surface area is 140 Å². The third-order valence-corrected chi connectivity index (χ3v) is 5.75. The monoisotopic (exact) mass is 333 g/mol. The SMILES string of the molecule is NC(=O)c1ccc(O)c(O)c1.O=C(O)C12CC3CC(CC(C3)C1)C2. The van der Waals surface area contributed by atoms with E-state index < -0.39 is 11.9 Å². The Morgan fingerprint density at radius 1 is 0.958 bits per heavy atom. The van der Waals surface area contributed by atoms with Crippen LogP contribution in [-0.4, -0.2) is 27.2 Å². The molecular formula is C18H23NO5. The Morgan fingerprint density at radius 2 is 1.46 bits per heavy atom. The average Bonchev–Trinajstić information content (AvgIpc) is 2.49. The van der Waals surface area contributed by atoms with Crippen LogP contribution in [-0.2, 0) is 4.79 Å². The summed E-state index contributed by atoms with van der Waals surface area (Å²) in [6.07, 6.45) is 6.92. The molecule has 4 bridgehead atoms. The molecule has 24 heavy (non-hydrogen) atoms. The summed E-state index contributed by atoms with van der Waals surface area (Å²) in [5.41, 5.74) is 4.78. The van der Waals surface area contributed by atoms with Crippen molar-refractivity contribution in [2.45, 2.75) is 38.5 Å². The molecule has 0 atom stereocenters. The Kier molecular flexibility index (Phi) is 4.15. The van der Waals surface area contributed by atoms with E-state index in [1.165, 1.54) is 31.4 Å². The molecule has 0 unspecified atom stereocenters. The fourth-order valence-electron chi connectivity index (χ4n) is 5.05. The van der Waals surface area contributed by atoms with Crippen LogP contribution in [0.25, 0.3) is 0 Å². The number of aliphatic carboxylic acids is 1. The average molecular weight is 333 g/mol. The fourth-order valence-corrected chi connectivity index (χ4v) is 5.05. The van der Waals surface area contributed by atoms with E-state index in [2.05, 4.69) is 0 Å². The number of amides is 1. The van der Waals surface area contributed by atoms with Gasteiger partial charge in [-0.1, -0.05) is 0 Å². The van der Waals surface area contributed by atoms with Crippen molar-refractivity contribution in [2.24, 2.45) is 28.9 Å². The van der Waals surface area contributed by atoms with E-state index >= 15 is 0 Å². The van der Waals surface area contributed by atoms with E-state index in [0.29, 0.717) is 0 Å². The highest BCUT2D eigenvalue weighted by atomic mass is 16.4. The Balaban J connectivity index is 0.000000144. The number of carboxylic acid groups (broad SMARTS) is 1. The van der Waals surface area contributed by atoms with Gasteiger partial charge in [-0.15, -0.1) is 0 Å². The van der Waals surface area contributed by atoms with Crippen molar-refractivity contribution >= 4 is 11.9 Å². The topological polar surface area (TPSA) is 121 Å². The van der Waals surface area contributed by atoms with Crippen LogP contribution >= 0.6 is 0 Å². The zero-order valence-corrected chi connectivity index (χ0v) is 13.4. The van der Waals surface area contributed by atoms with Gasteiger partial charge in [0.15, 0.2) is 11.5 Å². The minimum absolute atomic E-state index is 0.167. The summed E-state index contributed by atoms with van der Waals surface area (Å²) in [5.74, 6) is 0.496. The molecular weight excluding hydrogens is 310 g/mol. The van der Waals surface area contributed by atoms with Crippen LogP contribution in [0.5, 0.6) is 11.5 Å². The summed E-state index contributed by atoms with van der Waals surface area (Å²) in [6.45, 7) is 0. The first-order valence-corrected chi connectivity index (χ1v) is 8.34. The molecule has 130 valence electrons. The quantitative estimate of drug-likeness (QED) is 0.620. The van der Waals surface area contributed by atoms with Gasteiger partial charge in [0, 0.05) is 5.56 Å². The Bertz CT molecular complexity index is 634. The number of carbonyl (C=O) groups is 2. The van der Waals surface area contributed by atoms with Crippen LogP contribution in [0.3, 0.4) is 0 Å². The number of rotatable bonds is 2. The summed E-state index contributed by atoms with van der Waals surface area (Å²) in [7, 11) is 0. The van der Waals surface area contributed by atoms with Crippen LogP contribution in [0.1, 0.15) is 48.9 Å². The second-order valence-electron chi connectivity index (χ2n) is 7.57. The third-order valence-electron chi connectivity index (χ3n) is 5.75. The maximum Gasteiger partial charge on any atom is 0.309 e. The van der Waals surface area contributed by atoms with Crippen LogP contribution in [0.2, 0.25) is 0 Å². The lowest BCUT2D eigenvalue weighted by Crippen LogP contribution is -2.49. The molecule has 6 nitrogen and oxygen atoms in total. The second-order valence-corrected chi connectivity index (χ2v) is 7.57. The van der Waals surface area contributed by atoms with Gasteiger partial charge in [-0.05, 0) is 74.5 Å². The van der Waals surface area contributed by atoms with Crippen molar-refractivity contribution in [3.8, 4) is 11.5 Å². The predicted molar refractivity (Wildman–Crippen MR) is 86.5 cm³/mol. The van der Waals surface area contributed by atoms with Gasteiger partial charge >= 0.3 is 5.97 Å². The largest absolute Gasteiger partial charge is 0.504 e. The van der Waals surface area contributed by atoms with Gasteiger partial charge in [-0.25, -0.2) is 0 Å². The molecule has 0 radical (unpaired) electrons. The molecule has 6 heteroatoms. The molecule has 5 rings (SSSR count). The number of carbonyl (C=O) groups excluding carboxylic acids is 1. The summed E-state index contributed by atoms with van der Waals surface area (Å²) in [4.78, 5) is 21.7. The van der Waals surface area contributed by atoms with Gasteiger partial charge in [0.1, 0.15) is 0 Å². The molecule has 5 N–H and O–H groups in total. The molecule has 4 aliphatic rings. The highest BCUT2D eigenvalue weighted by Gasteiger charge is 2.54. The van der Waals surface area contributed by atoms with Crippen LogP contribution in [0.4, 0.5) is 0 Å². The van der Waals surface area contributed by atoms with Gasteiger partial charge in [0.05, 0.1) is 5.41 Å². The third kappa shape index (κ3) is 3.05. The van der Waals surface area contributed by atoms with Crippen molar-refractivity contribution in [3.05, 3.63) is 23.8 Å². The molecule has 0 aliphatic heterocycles. The van der Waals surface area contributed by atoms with Gasteiger partial charge in [-0.2, -0.15) is 0 Å². The van der Waals surface area contributed by atoms with Gasteiger partial charge < -0.3 is 21.1 Å². The summed E-state index contributed by atoms with van der Waals surface area (Å²) in [6, 6.07) is 3.64. The van der Waals surface area contributed by atoms with E-state index in [-0.39, 0.29) is 22.5 Å². The number of nitrogens with two attached hydrogens (primary N) is 1. The molecule has 1 aromatic rings. The first-order valence-electron chi connectivity index (χ1n) is 8.34. The van der Waals surface area contributed by atoms with Crippen molar-refractivity contribution in [3.63, 3.8) is 0 Å². The molecule has 0 aromatic heterocycles. The lowest BCUT2D eigenvalue weighted by molar-refractivity contribution is -0.164. The van der Waals surface area contributed by atoms with Crippen molar-refractivity contribution in [1.29, 1.82) is 0 Å². The van der Waals surface area contributed by atoms with Gasteiger partial charge in [0.2, 0.25) is 5.91 Å². The summed E-state index contributed by atoms with van der Waals surface area (Å²) < 4.78 is 0. The lowest BCUT2D eigenvalue weighted by atomic mass is 9.49. The van der Waals surface area contributed by atoms with Gasteiger partial charge in [0.25, 0.3) is 0 Å². The normalized spacial score (nSPS) is 32.8. The molecule has 0 heterocycles. The van der Waals surface area contributed by atoms with Crippen molar-refractivity contribution in [1.82, 2.24) is 0 Å². The molecule has 4 fully saturated rings. The highest BCUT2D eigenvalue weighted by Crippen LogP contribution is 2.59. The van der Waals surface area contributed by atoms with E-state index in [9.17, 15) is 14.7 Å². The van der Waals surface area contributed by atoms with Crippen LogP contribution in [0.15, 0.2) is 18.2 Å². The summed E-state index contributed by atoms with van der Waals surface area (Å²) >= 11 is 0. The lowest BCUT2D eigenvalue weighted by Gasteiger charge is -2.54. The number of aromatic hydroxyl groups is 2. The number of phenols is 2. The molecule has 0 saturated heterocycles. The Morgan fingerprint density at radius 3 is 1.83 bits per heavy atom. The Hall–Kier alpha value is -2.24. The van der Waals surface area contributed by atoms with Crippen molar-refractivity contribution in [2.75, 3.05) is 0 Å². The number of hydrogen-bond acceptors (Lipinski definition) is 4. The first-order chi connectivity index (χ1) is 11.3. The number of phenolic OH excluding ortho intramolecular Hbond substituents is 2. The van der Waals surface area contributed by atoms with Gasteiger partial charge in [-0.3, -0.25) is 9.59 Å². The van der Waals surface area contributed by atoms with E-state index in [1.54, 1.807) is 0 Å². The number of hydrogen-bond donors (Lipinski definition) is 4. The fraction of sp³-hybridized carbons (Fsp3) is 0.556. The maximum absolute atomic E-state index is 11.3. The minimum Gasteiger partial charge on any atom is -0.504 e. The van der Waals surface area contributed by atoms with Crippen LogP contribution in [0, 0.1) is 23.2 Å².